The first-order valence-electron chi connectivity index (χ1n) is 9.93. The molecule has 1 aliphatic rings. The molecule has 2 rings (SSSR count). The summed E-state index contributed by atoms with van der Waals surface area (Å²) in [5.41, 5.74) is 2.70. The maximum atomic E-state index is 12.1. The van der Waals surface area contributed by atoms with Gasteiger partial charge in [0.15, 0.2) is 9.84 Å². The molecule has 0 unspecified atom stereocenters. The summed E-state index contributed by atoms with van der Waals surface area (Å²) in [4.78, 5) is 2.39. The van der Waals surface area contributed by atoms with E-state index in [2.05, 4.69) is 29.2 Å². The number of benzene rings is 1. The summed E-state index contributed by atoms with van der Waals surface area (Å²) in [7, 11) is -2.96. The summed E-state index contributed by atoms with van der Waals surface area (Å²) in [6.07, 6.45) is 6.33. The van der Waals surface area contributed by atoms with Gasteiger partial charge in [0.25, 0.3) is 0 Å². The van der Waals surface area contributed by atoms with Crippen molar-refractivity contribution in [3.8, 4) is 0 Å². The molecule has 0 saturated carbocycles. The molecule has 0 amide bonds. The Morgan fingerprint density at radius 3 is 2.35 bits per heavy atom. The van der Waals surface area contributed by atoms with Crippen molar-refractivity contribution in [2.24, 2.45) is 0 Å². The minimum absolute atomic E-state index is 0.318. The van der Waals surface area contributed by atoms with Crippen LogP contribution in [-0.2, 0) is 21.0 Å². The van der Waals surface area contributed by atoms with Crippen molar-refractivity contribution >= 4 is 15.5 Å². The van der Waals surface area contributed by atoms with Crippen molar-refractivity contribution in [3.05, 3.63) is 29.8 Å². The third-order valence-corrected chi connectivity index (χ3v) is 7.79. The van der Waals surface area contributed by atoms with Crippen LogP contribution < -0.4 is 4.90 Å². The molecule has 0 radical (unpaired) electrons. The lowest BCUT2D eigenvalue weighted by molar-refractivity contribution is 0.122. The number of morpholine rings is 1. The predicted octanol–water partition coefficient (Wildman–Crippen LogP) is 4.23. The summed E-state index contributed by atoms with van der Waals surface area (Å²) in [5, 5.41) is 0. The molecule has 0 aliphatic carbocycles. The minimum Gasteiger partial charge on any atom is -0.378 e. The van der Waals surface area contributed by atoms with Crippen LogP contribution in [0.5, 0.6) is 0 Å². The molecular formula is C21H35NO3S. The highest BCUT2D eigenvalue weighted by molar-refractivity contribution is 7.92. The van der Waals surface area contributed by atoms with E-state index >= 15 is 0 Å². The zero-order chi connectivity index (χ0) is 19.0. The quantitative estimate of drug-likeness (QED) is 0.601. The van der Waals surface area contributed by atoms with Crippen LogP contribution in [0.1, 0.15) is 58.4 Å². The fourth-order valence-electron chi connectivity index (χ4n) is 3.19. The van der Waals surface area contributed by atoms with Gasteiger partial charge in [-0.2, -0.15) is 0 Å². The number of anilines is 1. The summed E-state index contributed by atoms with van der Waals surface area (Å²) in [6.45, 7) is 8.93. The lowest BCUT2D eigenvalue weighted by Crippen LogP contribution is -2.36. The normalized spacial score (nSPS) is 16.0. The van der Waals surface area contributed by atoms with Crippen molar-refractivity contribution in [2.75, 3.05) is 37.0 Å². The zero-order valence-corrected chi connectivity index (χ0v) is 17.5. The number of hydrogen-bond acceptors (Lipinski definition) is 4. The predicted molar refractivity (Wildman–Crippen MR) is 110 cm³/mol. The van der Waals surface area contributed by atoms with Gasteiger partial charge in [-0.1, -0.05) is 31.4 Å². The van der Waals surface area contributed by atoms with Gasteiger partial charge in [-0.15, -0.1) is 0 Å². The molecule has 1 aromatic rings. The molecule has 0 aromatic heterocycles. The van der Waals surface area contributed by atoms with Crippen LogP contribution >= 0.6 is 0 Å². The van der Waals surface area contributed by atoms with Crippen LogP contribution in [0, 0.1) is 0 Å². The van der Waals surface area contributed by atoms with E-state index < -0.39 is 14.6 Å². The van der Waals surface area contributed by atoms with Crippen molar-refractivity contribution in [2.45, 2.75) is 64.0 Å². The van der Waals surface area contributed by atoms with Crippen LogP contribution in [0.3, 0.4) is 0 Å². The smallest absolute Gasteiger partial charge is 0.155 e. The molecule has 1 heterocycles. The maximum Gasteiger partial charge on any atom is 0.155 e. The first kappa shape index (κ1) is 21.2. The van der Waals surface area contributed by atoms with E-state index in [0.29, 0.717) is 5.75 Å². The number of ether oxygens (including phenoxy) is 1. The maximum absolute atomic E-state index is 12.1. The highest BCUT2D eigenvalue weighted by atomic mass is 32.2. The second-order valence-corrected chi connectivity index (χ2v) is 11.1. The molecule has 1 saturated heterocycles. The van der Waals surface area contributed by atoms with Gasteiger partial charge in [0.05, 0.1) is 23.7 Å². The average Bonchev–Trinajstić information content (AvgIpc) is 2.61. The average molecular weight is 382 g/mol. The summed E-state index contributed by atoms with van der Waals surface area (Å²) >= 11 is 0. The van der Waals surface area contributed by atoms with Crippen LogP contribution in [0.2, 0.25) is 0 Å². The Morgan fingerprint density at radius 1 is 1.00 bits per heavy atom. The second-order valence-electron chi connectivity index (χ2n) is 8.22. The number of rotatable bonds is 9. The lowest BCUT2D eigenvalue weighted by atomic mass is 10.0. The Hall–Kier alpha value is -1.07. The summed E-state index contributed by atoms with van der Waals surface area (Å²) in [6, 6.07) is 8.85. The molecule has 0 bridgehead atoms. The SMILES string of the molecule is CC(C)(C)S(=O)(=O)CCCCCCCc1cccc(N2CCOCC2)c1. The molecular weight excluding hydrogens is 346 g/mol. The first-order chi connectivity index (χ1) is 12.3. The van der Waals surface area contributed by atoms with Crippen LogP contribution in [0.25, 0.3) is 0 Å². The first-order valence-corrected chi connectivity index (χ1v) is 11.6. The van der Waals surface area contributed by atoms with Crippen molar-refractivity contribution in [1.29, 1.82) is 0 Å². The van der Waals surface area contributed by atoms with E-state index in [4.69, 9.17) is 4.74 Å². The number of nitrogens with zero attached hydrogens (tertiary/aromatic N) is 1. The van der Waals surface area contributed by atoms with Gasteiger partial charge in [-0.05, 0) is 57.7 Å². The second kappa shape index (κ2) is 9.75. The van der Waals surface area contributed by atoms with E-state index in [1.54, 1.807) is 20.8 Å². The van der Waals surface area contributed by atoms with Gasteiger partial charge in [-0.3, -0.25) is 0 Å². The Bertz CT molecular complexity index is 643. The van der Waals surface area contributed by atoms with E-state index in [1.165, 1.54) is 17.7 Å². The van der Waals surface area contributed by atoms with Crippen molar-refractivity contribution in [3.63, 3.8) is 0 Å². The Balaban J connectivity index is 1.64. The molecule has 0 N–H and O–H groups in total. The fourth-order valence-corrected chi connectivity index (χ4v) is 4.38. The molecule has 4 nitrogen and oxygen atoms in total. The van der Waals surface area contributed by atoms with E-state index in [-0.39, 0.29) is 0 Å². The number of aryl methyl sites for hydroxylation is 1. The molecule has 5 heteroatoms. The Kier molecular flexibility index (Phi) is 7.96. The fraction of sp³-hybridized carbons (Fsp3) is 0.714. The third kappa shape index (κ3) is 6.58. The van der Waals surface area contributed by atoms with Crippen LogP contribution in [0.4, 0.5) is 5.69 Å². The van der Waals surface area contributed by atoms with E-state index in [0.717, 1.165) is 58.4 Å². The van der Waals surface area contributed by atoms with Gasteiger partial charge in [0.1, 0.15) is 0 Å². The highest BCUT2D eigenvalue weighted by Crippen LogP contribution is 2.20. The Morgan fingerprint density at radius 2 is 1.65 bits per heavy atom. The van der Waals surface area contributed by atoms with Crippen molar-refractivity contribution < 1.29 is 13.2 Å². The molecule has 26 heavy (non-hydrogen) atoms. The molecule has 148 valence electrons. The van der Waals surface area contributed by atoms with Crippen LogP contribution in [-0.4, -0.2) is 45.2 Å². The van der Waals surface area contributed by atoms with E-state index in [1.807, 2.05) is 0 Å². The highest BCUT2D eigenvalue weighted by Gasteiger charge is 2.27. The lowest BCUT2D eigenvalue weighted by Gasteiger charge is -2.29. The number of unbranched alkanes of at least 4 members (excludes halogenated alkanes) is 4. The summed E-state index contributed by atoms with van der Waals surface area (Å²) in [5.74, 6) is 0.318. The topological polar surface area (TPSA) is 46.6 Å². The number of sulfone groups is 1. The van der Waals surface area contributed by atoms with Crippen LogP contribution in [0.15, 0.2) is 24.3 Å². The van der Waals surface area contributed by atoms with Gasteiger partial charge in [0.2, 0.25) is 0 Å². The standard InChI is InChI=1S/C21H35NO3S/c1-21(2,3)26(23,24)17-8-6-4-5-7-10-19-11-9-12-20(18-19)22-13-15-25-16-14-22/h9,11-12,18H,4-8,10,13-17H2,1-3H3. The van der Waals surface area contributed by atoms with Crippen molar-refractivity contribution in [1.82, 2.24) is 0 Å². The molecule has 0 spiro atoms. The zero-order valence-electron chi connectivity index (χ0n) is 16.7. The van der Waals surface area contributed by atoms with Gasteiger partial charge < -0.3 is 9.64 Å². The molecule has 1 fully saturated rings. The molecule has 0 atom stereocenters. The molecule has 1 aromatic carbocycles. The van der Waals surface area contributed by atoms with Gasteiger partial charge in [-0.25, -0.2) is 8.42 Å². The number of hydrogen-bond donors (Lipinski definition) is 0. The minimum atomic E-state index is -2.96. The largest absolute Gasteiger partial charge is 0.378 e. The van der Waals surface area contributed by atoms with E-state index in [9.17, 15) is 8.42 Å². The third-order valence-electron chi connectivity index (χ3n) is 5.10. The Labute approximate surface area is 159 Å². The monoisotopic (exact) mass is 381 g/mol. The summed E-state index contributed by atoms with van der Waals surface area (Å²) < 4.78 is 28.9. The van der Waals surface area contributed by atoms with Gasteiger partial charge >= 0.3 is 0 Å². The van der Waals surface area contributed by atoms with Gasteiger partial charge in [0, 0.05) is 18.8 Å². The molecule has 1 aliphatic heterocycles.